The molecule has 1 aromatic carbocycles. The number of hydrogen-bond donors (Lipinski definition) is 1. The highest BCUT2D eigenvalue weighted by atomic mass is 16.5. The second kappa shape index (κ2) is 2.90. The maximum atomic E-state index is 10.6. The van der Waals surface area contributed by atoms with Crippen LogP contribution in [0.1, 0.15) is 10.4 Å². The summed E-state index contributed by atoms with van der Waals surface area (Å²) in [5.41, 5.74) is 1.31. The molecule has 0 saturated heterocycles. The van der Waals surface area contributed by atoms with Gasteiger partial charge in [0.25, 0.3) is 0 Å². The lowest BCUT2D eigenvalue weighted by atomic mass is 10.1. The SMILES string of the molecule is COc1ccc(C=O)c2[nH]ncc12. The molecule has 0 atom stereocenters. The lowest BCUT2D eigenvalue weighted by Crippen LogP contribution is -1.87. The lowest BCUT2D eigenvalue weighted by Gasteiger charge is -2.01. The van der Waals surface area contributed by atoms with Crippen molar-refractivity contribution in [2.24, 2.45) is 0 Å². The highest BCUT2D eigenvalue weighted by Crippen LogP contribution is 2.25. The Morgan fingerprint density at radius 2 is 2.38 bits per heavy atom. The van der Waals surface area contributed by atoms with E-state index in [-0.39, 0.29) is 0 Å². The molecule has 0 aliphatic rings. The zero-order valence-corrected chi connectivity index (χ0v) is 7.07. The number of nitrogens with zero attached hydrogens (tertiary/aromatic N) is 1. The molecule has 4 nitrogen and oxygen atoms in total. The predicted octanol–water partition coefficient (Wildman–Crippen LogP) is 1.38. The highest BCUT2D eigenvalue weighted by molar-refractivity contribution is 5.98. The standard InChI is InChI=1S/C9H8N2O2/c1-13-8-3-2-6(5-12)9-7(8)4-10-11-9/h2-5H,1H3,(H,10,11). The average molecular weight is 176 g/mol. The van der Waals surface area contributed by atoms with Gasteiger partial charge in [-0.3, -0.25) is 9.89 Å². The van der Waals surface area contributed by atoms with E-state index in [0.717, 1.165) is 11.7 Å². The minimum Gasteiger partial charge on any atom is -0.496 e. The molecule has 0 spiro atoms. The number of nitrogens with one attached hydrogen (secondary N) is 1. The Morgan fingerprint density at radius 1 is 1.54 bits per heavy atom. The fraction of sp³-hybridized carbons (Fsp3) is 0.111. The molecule has 1 heterocycles. The van der Waals surface area contributed by atoms with Crippen molar-refractivity contribution in [3.8, 4) is 5.75 Å². The summed E-state index contributed by atoms with van der Waals surface area (Å²) < 4.78 is 5.11. The zero-order valence-electron chi connectivity index (χ0n) is 7.07. The van der Waals surface area contributed by atoms with E-state index in [1.165, 1.54) is 0 Å². The molecular weight excluding hydrogens is 168 g/mol. The number of aromatic nitrogens is 2. The van der Waals surface area contributed by atoms with Crippen LogP contribution in [0.3, 0.4) is 0 Å². The van der Waals surface area contributed by atoms with Gasteiger partial charge in [-0.1, -0.05) is 0 Å². The molecule has 13 heavy (non-hydrogen) atoms. The fourth-order valence-corrected chi connectivity index (χ4v) is 1.31. The Kier molecular flexibility index (Phi) is 1.73. The largest absolute Gasteiger partial charge is 0.496 e. The van der Waals surface area contributed by atoms with Crippen LogP contribution in [0.15, 0.2) is 18.3 Å². The first-order valence-corrected chi connectivity index (χ1v) is 3.82. The summed E-state index contributed by atoms with van der Waals surface area (Å²) in [5.74, 6) is 0.717. The third kappa shape index (κ3) is 1.07. The van der Waals surface area contributed by atoms with Gasteiger partial charge in [0.1, 0.15) is 5.75 Å². The van der Waals surface area contributed by atoms with Crippen molar-refractivity contribution in [2.45, 2.75) is 0 Å². The van der Waals surface area contributed by atoms with Gasteiger partial charge in [0.05, 0.1) is 24.2 Å². The number of methoxy groups -OCH3 is 1. The Hall–Kier alpha value is -1.84. The van der Waals surface area contributed by atoms with Gasteiger partial charge >= 0.3 is 0 Å². The van der Waals surface area contributed by atoms with Crippen molar-refractivity contribution in [3.63, 3.8) is 0 Å². The Labute approximate surface area is 74.5 Å². The van der Waals surface area contributed by atoms with Gasteiger partial charge in [-0.2, -0.15) is 5.10 Å². The first kappa shape index (κ1) is 7.79. The minimum atomic E-state index is 0.591. The molecule has 4 heteroatoms. The van der Waals surface area contributed by atoms with E-state index < -0.39 is 0 Å². The molecule has 1 aromatic heterocycles. The van der Waals surface area contributed by atoms with E-state index >= 15 is 0 Å². The van der Waals surface area contributed by atoms with Crippen LogP contribution < -0.4 is 4.74 Å². The molecule has 0 radical (unpaired) electrons. The molecule has 2 aromatic rings. The number of rotatable bonds is 2. The van der Waals surface area contributed by atoms with Crippen LogP contribution in [0.25, 0.3) is 10.9 Å². The van der Waals surface area contributed by atoms with E-state index in [1.807, 2.05) is 0 Å². The maximum absolute atomic E-state index is 10.6. The van der Waals surface area contributed by atoms with Gasteiger partial charge in [-0.05, 0) is 12.1 Å². The first-order valence-electron chi connectivity index (χ1n) is 3.82. The average Bonchev–Trinajstić information content (AvgIpc) is 2.64. The monoisotopic (exact) mass is 176 g/mol. The predicted molar refractivity (Wildman–Crippen MR) is 48.0 cm³/mol. The molecule has 0 aliphatic carbocycles. The number of carbonyl (C=O) groups is 1. The molecule has 0 amide bonds. The number of H-pyrrole nitrogens is 1. The summed E-state index contributed by atoms with van der Waals surface area (Å²) in [7, 11) is 1.59. The molecular formula is C9H8N2O2. The second-order valence-electron chi connectivity index (χ2n) is 2.63. The number of aldehydes is 1. The number of hydrogen-bond acceptors (Lipinski definition) is 3. The van der Waals surface area contributed by atoms with Crippen LogP contribution in [-0.2, 0) is 0 Å². The molecule has 0 unspecified atom stereocenters. The minimum absolute atomic E-state index is 0.591. The first-order chi connectivity index (χ1) is 6.36. The molecule has 0 bridgehead atoms. The van der Waals surface area contributed by atoms with Gasteiger partial charge in [-0.25, -0.2) is 0 Å². The van der Waals surface area contributed by atoms with Gasteiger partial charge in [0.2, 0.25) is 0 Å². The van der Waals surface area contributed by atoms with E-state index in [2.05, 4.69) is 10.2 Å². The molecule has 2 rings (SSSR count). The quantitative estimate of drug-likeness (QED) is 0.703. The smallest absolute Gasteiger partial charge is 0.152 e. The van der Waals surface area contributed by atoms with Crippen molar-refractivity contribution in [3.05, 3.63) is 23.9 Å². The third-order valence-electron chi connectivity index (χ3n) is 1.95. The summed E-state index contributed by atoms with van der Waals surface area (Å²) in [6.45, 7) is 0. The molecule has 1 N–H and O–H groups in total. The normalized spacial score (nSPS) is 10.2. The number of aromatic amines is 1. The summed E-state index contributed by atoms with van der Waals surface area (Å²) >= 11 is 0. The third-order valence-corrected chi connectivity index (χ3v) is 1.95. The van der Waals surface area contributed by atoms with Crippen molar-refractivity contribution in [1.82, 2.24) is 10.2 Å². The van der Waals surface area contributed by atoms with Crippen LogP contribution in [0.2, 0.25) is 0 Å². The van der Waals surface area contributed by atoms with Crippen LogP contribution >= 0.6 is 0 Å². The second-order valence-corrected chi connectivity index (χ2v) is 2.63. The van der Waals surface area contributed by atoms with Crippen molar-refractivity contribution < 1.29 is 9.53 Å². The summed E-state index contributed by atoms with van der Waals surface area (Å²) in [5, 5.41) is 7.43. The molecule has 0 fully saturated rings. The van der Waals surface area contributed by atoms with Crippen LogP contribution in [0.4, 0.5) is 0 Å². The Balaban J connectivity index is 2.81. The van der Waals surface area contributed by atoms with Crippen molar-refractivity contribution in [2.75, 3.05) is 7.11 Å². The number of carbonyl (C=O) groups excluding carboxylic acids is 1. The van der Waals surface area contributed by atoms with Crippen LogP contribution in [0, 0.1) is 0 Å². The van der Waals surface area contributed by atoms with Gasteiger partial charge in [-0.15, -0.1) is 0 Å². The van der Waals surface area contributed by atoms with Crippen molar-refractivity contribution >= 4 is 17.2 Å². The number of fused-ring (bicyclic) bond motifs is 1. The molecule has 66 valence electrons. The van der Waals surface area contributed by atoms with E-state index in [4.69, 9.17) is 4.74 Å². The van der Waals surface area contributed by atoms with E-state index in [0.29, 0.717) is 16.8 Å². The summed E-state index contributed by atoms with van der Waals surface area (Å²) in [6.07, 6.45) is 2.43. The fourth-order valence-electron chi connectivity index (χ4n) is 1.31. The zero-order chi connectivity index (χ0) is 9.26. The molecule has 0 aliphatic heterocycles. The maximum Gasteiger partial charge on any atom is 0.152 e. The number of benzene rings is 1. The van der Waals surface area contributed by atoms with Gasteiger partial charge in [0.15, 0.2) is 6.29 Å². The highest BCUT2D eigenvalue weighted by Gasteiger charge is 2.06. The van der Waals surface area contributed by atoms with Gasteiger partial charge in [0, 0.05) is 5.56 Å². The van der Waals surface area contributed by atoms with Crippen LogP contribution in [0.5, 0.6) is 5.75 Å². The number of ether oxygens (including phenoxy) is 1. The topological polar surface area (TPSA) is 55.0 Å². The summed E-state index contributed by atoms with van der Waals surface area (Å²) in [6, 6.07) is 3.45. The Bertz CT molecular complexity index is 448. The van der Waals surface area contributed by atoms with Gasteiger partial charge < -0.3 is 4.74 Å². The van der Waals surface area contributed by atoms with E-state index in [1.54, 1.807) is 25.4 Å². The summed E-state index contributed by atoms with van der Waals surface area (Å²) in [4.78, 5) is 10.6. The van der Waals surface area contributed by atoms with Crippen molar-refractivity contribution in [1.29, 1.82) is 0 Å². The Morgan fingerprint density at radius 3 is 3.08 bits per heavy atom. The van der Waals surface area contributed by atoms with E-state index in [9.17, 15) is 4.79 Å². The lowest BCUT2D eigenvalue weighted by molar-refractivity contribution is 0.112. The van der Waals surface area contributed by atoms with Crippen LogP contribution in [-0.4, -0.2) is 23.6 Å². The molecule has 0 saturated carbocycles.